The van der Waals surface area contributed by atoms with E-state index < -0.39 is 22.6 Å². The molecule has 1 aliphatic rings. The van der Waals surface area contributed by atoms with Crippen molar-refractivity contribution in [3.05, 3.63) is 59.7 Å². The van der Waals surface area contributed by atoms with Gasteiger partial charge in [-0.25, -0.2) is 13.2 Å². The summed E-state index contributed by atoms with van der Waals surface area (Å²) in [6.45, 7) is 4.31. The number of nitrogens with zero attached hydrogens (tertiary/aromatic N) is 2. The predicted octanol–water partition coefficient (Wildman–Crippen LogP) is 2.46. The van der Waals surface area contributed by atoms with Crippen molar-refractivity contribution in [2.75, 3.05) is 31.1 Å². The summed E-state index contributed by atoms with van der Waals surface area (Å²) in [6, 6.07) is 13.3. The van der Waals surface area contributed by atoms with Gasteiger partial charge in [0.2, 0.25) is 10.0 Å². The van der Waals surface area contributed by atoms with Crippen molar-refractivity contribution in [1.82, 2.24) is 4.31 Å². The molecule has 0 aliphatic carbocycles. The summed E-state index contributed by atoms with van der Waals surface area (Å²) < 4.78 is 31.7. The fourth-order valence-electron chi connectivity index (χ4n) is 3.38. The van der Waals surface area contributed by atoms with Crippen LogP contribution in [0.5, 0.6) is 0 Å². The first-order valence-electron chi connectivity index (χ1n) is 9.54. The van der Waals surface area contributed by atoms with Crippen LogP contribution in [0.1, 0.15) is 29.8 Å². The Morgan fingerprint density at radius 2 is 1.79 bits per heavy atom. The molecule has 3 rings (SSSR count). The molecule has 1 aliphatic heterocycles. The summed E-state index contributed by atoms with van der Waals surface area (Å²) in [5, 5.41) is 0. The number of carbonyl (C=O) groups is 2. The number of sulfonamides is 1. The molecular formula is C21H24N2O5S. The number of para-hydroxylation sites is 1. The van der Waals surface area contributed by atoms with Gasteiger partial charge in [-0.05, 0) is 36.2 Å². The normalized spacial score (nSPS) is 13.4. The van der Waals surface area contributed by atoms with Crippen LogP contribution in [0.15, 0.2) is 53.4 Å². The average Bonchev–Trinajstić information content (AvgIpc) is 3.17. The van der Waals surface area contributed by atoms with Gasteiger partial charge in [0.25, 0.3) is 5.91 Å². The molecule has 1 heterocycles. The third-order valence-corrected chi connectivity index (χ3v) is 6.97. The highest BCUT2D eigenvalue weighted by Crippen LogP contribution is 2.27. The molecule has 29 heavy (non-hydrogen) atoms. The van der Waals surface area contributed by atoms with Crippen molar-refractivity contribution in [3.63, 3.8) is 0 Å². The van der Waals surface area contributed by atoms with E-state index in [9.17, 15) is 18.0 Å². The second-order valence-corrected chi connectivity index (χ2v) is 8.56. The standard InChI is InChI=1S/C21H24N2O5S/c1-3-22(4-2)29(26,27)18-10-7-9-17(14-18)21(25)28-15-20(24)23-13-12-16-8-5-6-11-19(16)23/h5-11,14H,3-4,12-13,15H2,1-2H3. The van der Waals surface area contributed by atoms with Crippen LogP contribution in [0.3, 0.4) is 0 Å². The largest absolute Gasteiger partial charge is 0.452 e. The van der Waals surface area contributed by atoms with Crippen LogP contribution in [0.2, 0.25) is 0 Å². The van der Waals surface area contributed by atoms with Crippen LogP contribution >= 0.6 is 0 Å². The van der Waals surface area contributed by atoms with Crippen LogP contribution < -0.4 is 4.90 Å². The molecule has 0 saturated carbocycles. The number of amides is 1. The highest BCUT2D eigenvalue weighted by Gasteiger charge is 2.26. The monoisotopic (exact) mass is 416 g/mol. The third-order valence-electron chi connectivity index (χ3n) is 4.93. The zero-order chi connectivity index (χ0) is 21.0. The molecule has 0 N–H and O–H groups in total. The SMILES string of the molecule is CCN(CC)S(=O)(=O)c1cccc(C(=O)OCC(=O)N2CCc3ccccc32)c1. The van der Waals surface area contributed by atoms with Crippen LogP contribution in [0.25, 0.3) is 0 Å². The van der Waals surface area contributed by atoms with Gasteiger partial charge in [-0.15, -0.1) is 0 Å². The fraction of sp³-hybridized carbons (Fsp3) is 0.333. The molecule has 0 saturated heterocycles. The Kier molecular flexibility index (Phi) is 6.34. The zero-order valence-corrected chi connectivity index (χ0v) is 17.3. The van der Waals surface area contributed by atoms with E-state index in [4.69, 9.17) is 4.74 Å². The van der Waals surface area contributed by atoms with E-state index in [1.807, 2.05) is 24.3 Å². The summed E-state index contributed by atoms with van der Waals surface area (Å²) in [4.78, 5) is 26.5. The zero-order valence-electron chi connectivity index (χ0n) is 16.5. The summed E-state index contributed by atoms with van der Waals surface area (Å²) in [5.41, 5.74) is 2.01. The number of esters is 1. The molecule has 7 nitrogen and oxygen atoms in total. The highest BCUT2D eigenvalue weighted by atomic mass is 32.2. The number of benzene rings is 2. The lowest BCUT2D eigenvalue weighted by atomic mass is 10.2. The minimum atomic E-state index is -3.68. The molecule has 154 valence electrons. The van der Waals surface area contributed by atoms with Gasteiger partial charge in [0, 0.05) is 25.3 Å². The van der Waals surface area contributed by atoms with E-state index in [0.717, 1.165) is 17.7 Å². The van der Waals surface area contributed by atoms with Gasteiger partial charge in [0.1, 0.15) is 0 Å². The summed E-state index contributed by atoms with van der Waals surface area (Å²) >= 11 is 0. The van der Waals surface area contributed by atoms with Crippen LogP contribution in [0.4, 0.5) is 5.69 Å². The number of rotatable bonds is 7. The quantitative estimate of drug-likeness (QED) is 0.648. The van der Waals surface area contributed by atoms with Crippen molar-refractivity contribution in [1.29, 1.82) is 0 Å². The number of ether oxygens (including phenoxy) is 1. The first-order chi connectivity index (χ1) is 13.9. The summed E-state index contributed by atoms with van der Waals surface area (Å²) in [5.74, 6) is -1.04. The van der Waals surface area contributed by atoms with Crippen molar-refractivity contribution in [3.8, 4) is 0 Å². The molecule has 0 aromatic heterocycles. The van der Waals surface area contributed by atoms with Gasteiger partial charge in [0.05, 0.1) is 10.5 Å². The Labute approximate surface area is 170 Å². The van der Waals surface area contributed by atoms with Crippen molar-refractivity contribution in [2.24, 2.45) is 0 Å². The Morgan fingerprint density at radius 3 is 2.52 bits per heavy atom. The van der Waals surface area contributed by atoms with E-state index in [1.165, 1.54) is 28.6 Å². The third kappa shape index (κ3) is 4.33. The maximum atomic E-state index is 12.6. The Morgan fingerprint density at radius 1 is 1.07 bits per heavy atom. The fourth-order valence-corrected chi connectivity index (χ4v) is 4.89. The lowest BCUT2D eigenvalue weighted by Gasteiger charge is -2.19. The number of anilines is 1. The van der Waals surface area contributed by atoms with E-state index in [-0.39, 0.29) is 16.4 Å². The van der Waals surface area contributed by atoms with Crippen molar-refractivity contribution < 1.29 is 22.7 Å². The lowest BCUT2D eigenvalue weighted by molar-refractivity contribution is -0.121. The van der Waals surface area contributed by atoms with Crippen LogP contribution in [0, 0.1) is 0 Å². The minimum absolute atomic E-state index is 0.0236. The average molecular weight is 416 g/mol. The van der Waals surface area contributed by atoms with E-state index in [0.29, 0.717) is 19.6 Å². The Balaban J connectivity index is 1.68. The molecular weight excluding hydrogens is 392 g/mol. The first kappa shape index (κ1) is 21.0. The van der Waals surface area contributed by atoms with E-state index in [1.54, 1.807) is 18.7 Å². The van der Waals surface area contributed by atoms with Gasteiger partial charge in [-0.1, -0.05) is 38.1 Å². The molecule has 0 unspecified atom stereocenters. The van der Waals surface area contributed by atoms with Gasteiger partial charge < -0.3 is 9.64 Å². The van der Waals surface area contributed by atoms with Gasteiger partial charge in [-0.2, -0.15) is 4.31 Å². The number of fused-ring (bicyclic) bond motifs is 1. The molecule has 8 heteroatoms. The Hall–Kier alpha value is -2.71. The van der Waals surface area contributed by atoms with Gasteiger partial charge in [-0.3, -0.25) is 4.79 Å². The topological polar surface area (TPSA) is 84.0 Å². The molecule has 0 atom stereocenters. The predicted molar refractivity (Wildman–Crippen MR) is 109 cm³/mol. The van der Waals surface area contributed by atoms with Crippen molar-refractivity contribution >= 4 is 27.6 Å². The molecule has 0 radical (unpaired) electrons. The van der Waals surface area contributed by atoms with Crippen molar-refractivity contribution in [2.45, 2.75) is 25.2 Å². The number of hydrogen-bond donors (Lipinski definition) is 0. The maximum Gasteiger partial charge on any atom is 0.338 e. The molecule has 1 amide bonds. The lowest BCUT2D eigenvalue weighted by Crippen LogP contribution is -2.33. The smallest absolute Gasteiger partial charge is 0.338 e. The molecule has 0 fully saturated rings. The van der Waals surface area contributed by atoms with E-state index >= 15 is 0 Å². The van der Waals surface area contributed by atoms with Crippen LogP contribution in [-0.4, -0.2) is 50.8 Å². The number of hydrogen-bond acceptors (Lipinski definition) is 5. The first-order valence-corrected chi connectivity index (χ1v) is 11.0. The minimum Gasteiger partial charge on any atom is -0.452 e. The summed E-state index contributed by atoms with van der Waals surface area (Å²) in [6.07, 6.45) is 0.765. The molecule has 2 aromatic rings. The van der Waals surface area contributed by atoms with E-state index in [2.05, 4.69) is 0 Å². The number of carbonyl (C=O) groups excluding carboxylic acids is 2. The molecule has 0 bridgehead atoms. The van der Waals surface area contributed by atoms with Gasteiger partial charge in [0.15, 0.2) is 6.61 Å². The Bertz CT molecular complexity index is 1020. The summed E-state index contributed by atoms with van der Waals surface area (Å²) in [7, 11) is -3.68. The second-order valence-electron chi connectivity index (χ2n) is 6.62. The molecule has 0 spiro atoms. The highest BCUT2D eigenvalue weighted by molar-refractivity contribution is 7.89. The molecule has 2 aromatic carbocycles. The second kappa shape index (κ2) is 8.75. The van der Waals surface area contributed by atoms with Crippen LogP contribution in [-0.2, 0) is 26.0 Å². The maximum absolute atomic E-state index is 12.6. The van der Waals surface area contributed by atoms with Gasteiger partial charge >= 0.3 is 5.97 Å².